The Kier molecular flexibility index (Phi) is 7.66. The first-order chi connectivity index (χ1) is 13.7. The van der Waals surface area contributed by atoms with Gasteiger partial charge in [-0.25, -0.2) is 13.2 Å². The number of nitrogens with zero attached hydrogens (tertiary/aromatic N) is 1. The highest BCUT2D eigenvalue weighted by atomic mass is 32.2. The number of carbonyl (C=O) groups is 2. The van der Waals surface area contributed by atoms with Gasteiger partial charge < -0.3 is 4.74 Å². The number of benzene rings is 2. The molecule has 2 aromatic carbocycles. The molecule has 0 radical (unpaired) electrons. The standard InChI is InChI=1S/C21H25NO6S/c1-5-15(2)16-6-8-17(9-7-16)20(23)14-28-21(24)18-10-12-19(13-11-18)29(25,26)22(3)27-4/h6-13,15H,5,14H2,1-4H3/t15-/m0/s1. The summed E-state index contributed by atoms with van der Waals surface area (Å²) in [5, 5.41) is 0. The second-order valence-corrected chi connectivity index (χ2v) is 8.49. The second kappa shape index (κ2) is 9.78. The fourth-order valence-corrected chi connectivity index (χ4v) is 3.51. The number of ether oxygens (including phenoxy) is 1. The smallest absolute Gasteiger partial charge is 0.338 e. The van der Waals surface area contributed by atoms with Crippen LogP contribution >= 0.6 is 0 Å². The van der Waals surface area contributed by atoms with Crippen molar-refractivity contribution in [1.82, 2.24) is 4.47 Å². The maximum absolute atomic E-state index is 12.2. The quantitative estimate of drug-likeness (QED) is 0.351. The van der Waals surface area contributed by atoms with Crippen LogP contribution in [0.2, 0.25) is 0 Å². The van der Waals surface area contributed by atoms with E-state index in [9.17, 15) is 18.0 Å². The number of sulfonamides is 1. The molecule has 8 heteroatoms. The van der Waals surface area contributed by atoms with E-state index in [-0.39, 0.29) is 16.2 Å². The van der Waals surface area contributed by atoms with Crippen molar-refractivity contribution in [1.29, 1.82) is 0 Å². The molecule has 0 heterocycles. The van der Waals surface area contributed by atoms with E-state index in [1.807, 2.05) is 12.1 Å². The van der Waals surface area contributed by atoms with E-state index in [1.165, 1.54) is 38.4 Å². The highest BCUT2D eigenvalue weighted by molar-refractivity contribution is 7.89. The average molecular weight is 419 g/mol. The molecule has 7 nitrogen and oxygen atoms in total. The van der Waals surface area contributed by atoms with Gasteiger partial charge in [0.25, 0.3) is 10.0 Å². The normalized spacial score (nSPS) is 12.6. The van der Waals surface area contributed by atoms with Crippen LogP contribution in [0.1, 0.15) is 52.5 Å². The Morgan fingerprint density at radius 3 is 2.07 bits per heavy atom. The Labute approximate surface area is 171 Å². The third-order valence-corrected chi connectivity index (χ3v) is 6.43. The van der Waals surface area contributed by atoms with Crippen molar-refractivity contribution in [3.05, 3.63) is 65.2 Å². The molecule has 0 saturated carbocycles. The Hall–Kier alpha value is -2.55. The van der Waals surface area contributed by atoms with Gasteiger partial charge in [-0.1, -0.05) is 42.6 Å². The molecule has 2 rings (SSSR count). The number of carbonyl (C=O) groups excluding carboxylic acids is 2. The average Bonchev–Trinajstić information content (AvgIpc) is 2.76. The van der Waals surface area contributed by atoms with E-state index in [0.29, 0.717) is 15.9 Å². The predicted molar refractivity (Wildman–Crippen MR) is 108 cm³/mol. The maximum atomic E-state index is 12.2. The number of Topliss-reactive ketones (excluding diaryl/α,β-unsaturated/α-hetero) is 1. The monoisotopic (exact) mass is 419 g/mol. The summed E-state index contributed by atoms with van der Waals surface area (Å²) in [7, 11) is -1.30. The lowest BCUT2D eigenvalue weighted by Gasteiger charge is -2.14. The van der Waals surface area contributed by atoms with Crippen molar-refractivity contribution < 1.29 is 27.6 Å². The first-order valence-electron chi connectivity index (χ1n) is 9.14. The summed E-state index contributed by atoms with van der Waals surface area (Å²) in [5.74, 6) is -0.610. The zero-order chi connectivity index (χ0) is 21.6. The lowest BCUT2D eigenvalue weighted by atomic mass is 9.97. The molecule has 1 atom stereocenters. The van der Waals surface area contributed by atoms with E-state index in [1.54, 1.807) is 12.1 Å². The van der Waals surface area contributed by atoms with Crippen molar-refractivity contribution in [2.75, 3.05) is 20.8 Å². The summed E-state index contributed by atoms with van der Waals surface area (Å²) in [6.45, 7) is 3.82. The summed E-state index contributed by atoms with van der Waals surface area (Å²) in [4.78, 5) is 29.1. The molecule has 29 heavy (non-hydrogen) atoms. The molecule has 0 N–H and O–H groups in total. The summed E-state index contributed by atoms with van der Waals surface area (Å²) in [5.41, 5.74) is 1.76. The number of hydrogen-bond acceptors (Lipinski definition) is 6. The first kappa shape index (κ1) is 22.7. The fraction of sp³-hybridized carbons (Fsp3) is 0.333. The van der Waals surface area contributed by atoms with Crippen LogP contribution in [0.4, 0.5) is 0 Å². The van der Waals surface area contributed by atoms with Gasteiger partial charge in [-0.3, -0.25) is 9.63 Å². The molecule has 0 aliphatic carbocycles. The Morgan fingerprint density at radius 2 is 1.55 bits per heavy atom. The van der Waals surface area contributed by atoms with Gasteiger partial charge >= 0.3 is 5.97 Å². The highest BCUT2D eigenvalue weighted by Gasteiger charge is 2.21. The number of hydroxylamine groups is 1. The molecule has 0 saturated heterocycles. The lowest BCUT2D eigenvalue weighted by Crippen LogP contribution is -2.25. The van der Waals surface area contributed by atoms with Gasteiger partial charge in [0.2, 0.25) is 0 Å². The van der Waals surface area contributed by atoms with Gasteiger partial charge in [0, 0.05) is 12.6 Å². The van der Waals surface area contributed by atoms with Crippen molar-refractivity contribution in [2.45, 2.75) is 31.1 Å². The van der Waals surface area contributed by atoms with Crippen LogP contribution in [-0.2, 0) is 19.6 Å². The van der Waals surface area contributed by atoms with Crippen LogP contribution in [0.3, 0.4) is 0 Å². The SMILES string of the molecule is CC[C@H](C)c1ccc(C(=O)COC(=O)c2ccc(S(=O)(=O)N(C)OC)cc2)cc1. The van der Waals surface area contributed by atoms with E-state index in [0.717, 1.165) is 12.0 Å². The summed E-state index contributed by atoms with van der Waals surface area (Å²) < 4.78 is 30.1. The van der Waals surface area contributed by atoms with Crippen molar-refractivity contribution in [3.63, 3.8) is 0 Å². The van der Waals surface area contributed by atoms with E-state index >= 15 is 0 Å². The predicted octanol–water partition coefficient (Wildman–Crippen LogP) is 3.42. The van der Waals surface area contributed by atoms with Gasteiger partial charge in [-0.15, -0.1) is 0 Å². The van der Waals surface area contributed by atoms with E-state index in [2.05, 4.69) is 13.8 Å². The minimum Gasteiger partial charge on any atom is -0.454 e. The Morgan fingerprint density at radius 1 is 1.00 bits per heavy atom. The molecule has 0 aliphatic heterocycles. The third kappa shape index (κ3) is 5.50. The van der Waals surface area contributed by atoms with Gasteiger partial charge in [0.1, 0.15) is 0 Å². The van der Waals surface area contributed by atoms with Gasteiger partial charge in [-0.05, 0) is 42.2 Å². The summed E-state index contributed by atoms with van der Waals surface area (Å²) in [6.07, 6.45) is 1.01. The van der Waals surface area contributed by atoms with Crippen LogP contribution in [0, 0.1) is 0 Å². The first-order valence-corrected chi connectivity index (χ1v) is 10.6. The molecule has 0 bridgehead atoms. The minimum atomic E-state index is -3.80. The van der Waals surface area contributed by atoms with Crippen molar-refractivity contribution in [3.8, 4) is 0 Å². The maximum Gasteiger partial charge on any atom is 0.338 e. The molecule has 0 amide bonds. The molecule has 0 unspecified atom stereocenters. The zero-order valence-corrected chi connectivity index (χ0v) is 17.7. The van der Waals surface area contributed by atoms with Gasteiger partial charge in [-0.2, -0.15) is 0 Å². The van der Waals surface area contributed by atoms with Crippen LogP contribution < -0.4 is 0 Å². The van der Waals surface area contributed by atoms with Crippen LogP contribution in [-0.4, -0.2) is 45.4 Å². The molecular weight excluding hydrogens is 394 g/mol. The number of rotatable bonds is 9. The zero-order valence-electron chi connectivity index (χ0n) is 16.9. The Balaban J connectivity index is 1.99. The molecule has 2 aromatic rings. The third-order valence-electron chi connectivity index (χ3n) is 4.73. The number of hydrogen-bond donors (Lipinski definition) is 0. The molecule has 0 fully saturated rings. The molecule has 156 valence electrons. The fourth-order valence-electron chi connectivity index (χ4n) is 2.54. The van der Waals surface area contributed by atoms with Crippen LogP contribution in [0.15, 0.2) is 53.4 Å². The van der Waals surface area contributed by atoms with Gasteiger partial charge in [0.15, 0.2) is 12.4 Å². The largest absolute Gasteiger partial charge is 0.454 e. The number of ketones is 1. The topological polar surface area (TPSA) is 90.0 Å². The second-order valence-electron chi connectivity index (χ2n) is 6.55. The molecule has 0 spiro atoms. The number of esters is 1. The van der Waals surface area contributed by atoms with Crippen molar-refractivity contribution >= 4 is 21.8 Å². The van der Waals surface area contributed by atoms with E-state index in [4.69, 9.17) is 9.57 Å². The van der Waals surface area contributed by atoms with Gasteiger partial charge in [0.05, 0.1) is 17.6 Å². The van der Waals surface area contributed by atoms with E-state index < -0.39 is 22.6 Å². The molecule has 0 aromatic heterocycles. The van der Waals surface area contributed by atoms with Crippen molar-refractivity contribution in [2.24, 2.45) is 0 Å². The highest BCUT2D eigenvalue weighted by Crippen LogP contribution is 2.19. The van der Waals surface area contributed by atoms with Crippen LogP contribution in [0.25, 0.3) is 0 Å². The molecule has 0 aliphatic rings. The summed E-state index contributed by atoms with van der Waals surface area (Å²) >= 11 is 0. The molecular formula is C21H25NO6S. The summed E-state index contributed by atoms with van der Waals surface area (Å²) in [6, 6.07) is 12.5. The van der Waals surface area contributed by atoms with Crippen LogP contribution in [0.5, 0.6) is 0 Å². The Bertz CT molecular complexity index is 952. The lowest BCUT2D eigenvalue weighted by molar-refractivity contribution is -0.0258. The minimum absolute atomic E-state index is 0.0316.